The van der Waals surface area contributed by atoms with Gasteiger partial charge in [0.15, 0.2) is 5.13 Å². The first kappa shape index (κ1) is 21.2. The lowest BCUT2D eigenvalue weighted by molar-refractivity contribution is -0.118. The van der Waals surface area contributed by atoms with Crippen LogP contribution in [0.2, 0.25) is 0 Å². The minimum atomic E-state index is -0.0530. The van der Waals surface area contributed by atoms with E-state index in [1.54, 1.807) is 18.2 Å². The molecule has 0 aliphatic rings. The molecule has 0 aliphatic carbocycles. The van der Waals surface area contributed by atoms with Gasteiger partial charge in [-0.25, -0.2) is 9.97 Å². The molecule has 3 heterocycles. The zero-order valence-electron chi connectivity index (χ0n) is 17.8. The van der Waals surface area contributed by atoms with Crippen molar-refractivity contribution in [1.82, 2.24) is 15.0 Å². The molecule has 2 aromatic carbocycles. The fourth-order valence-corrected chi connectivity index (χ4v) is 5.21. The summed E-state index contributed by atoms with van der Waals surface area (Å²) in [5.74, 6) is 0.714. The largest absolute Gasteiger partial charge is 0.497 e. The lowest BCUT2D eigenvalue weighted by Crippen LogP contribution is -2.31. The Labute approximate surface area is 199 Å². The number of ether oxygens (including phenoxy) is 1. The number of methoxy groups -OCH3 is 1. The second kappa shape index (κ2) is 9.48. The Hall–Kier alpha value is -3.62. The fraction of sp³-hybridized carbons (Fsp3) is 0.120. The third-order valence-corrected chi connectivity index (χ3v) is 7.02. The molecular weight excluding hydrogens is 452 g/mol. The standard InChI is InChI=1S/C25H20N4O2S2/c1-31-19-10-11-20-22(14-19)33-25(28-20)29(15-17-7-3-2-4-8-17)23(30)13-18-16-32-24(27-18)21-9-5-6-12-26-21/h2-12,14,16H,13,15H2,1H3. The summed E-state index contributed by atoms with van der Waals surface area (Å²) < 4.78 is 6.31. The Morgan fingerprint density at radius 1 is 1.03 bits per heavy atom. The molecule has 5 aromatic rings. The van der Waals surface area contributed by atoms with Crippen molar-refractivity contribution in [2.24, 2.45) is 0 Å². The topological polar surface area (TPSA) is 68.2 Å². The number of benzene rings is 2. The minimum absolute atomic E-state index is 0.0530. The van der Waals surface area contributed by atoms with Crippen molar-refractivity contribution in [1.29, 1.82) is 0 Å². The molecule has 8 heteroatoms. The Morgan fingerprint density at radius 3 is 2.67 bits per heavy atom. The number of hydrogen-bond acceptors (Lipinski definition) is 7. The highest BCUT2D eigenvalue weighted by Gasteiger charge is 2.22. The zero-order chi connectivity index (χ0) is 22.6. The van der Waals surface area contributed by atoms with Crippen molar-refractivity contribution in [2.45, 2.75) is 13.0 Å². The second-order valence-corrected chi connectivity index (χ2v) is 9.20. The van der Waals surface area contributed by atoms with Crippen LogP contribution in [0, 0.1) is 0 Å². The Kier molecular flexibility index (Phi) is 6.10. The zero-order valence-corrected chi connectivity index (χ0v) is 19.5. The predicted molar refractivity (Wildman–Crippen MR) is 133 cm³/mol. The fourth-order valence-electron chi connectivity index (χ4n) is 3.41. The second-order valence-electron chi connectivity index (χ2n) is 7.33. The van der Waals surface area contributed by atoms with Gasteiger partial charge in [-0.05, 0) is 35.9 Å². The summed E-state index contributed by atoms with van der Waals surface area (Å²) in [7, 11) is 1.64. The smallest absolute Gasteiger partial charge is 0.235 e. The van der Waals surface area contributed by atoms with Crippen molar-refractivity contribution >= 4 is 43.9 Å². The van der Waals surface area contributed by atoms with Crippen LogP contribution in [-0.2, 0) is 17.8 Å². The first-order chi connectivity index (χ1) is 16.2. The molecule has 0 fully saturated rings. The van der Waals surface area contributed by atoms with Crippen LogP contribution in [0.5, 0.6) is 5.75 Å². The van der Waals surface area contributed by atoms with E-state index in [0.717, 1.165) is 37.9 Å². The summed E-state index contributed by atoms with van der Waals surface area (Å²) in [5.41, 5.74) is 3.41. The highest BCUT2D eigenvalue weighted by Crippen LogP contribution is 2.33. The third kappa shape index (κ3) is 4.76. The van der Waals surface area contributed by atoms with E-state index < -0.39 is 0 Å². The van der Waals surface area contributed by atoms with Gasteiger partial charge in [-0.15, -0.1) is 11.3 Å². The van der Waals surface area contributed by atoms with Crippen LogP contribution < -0.4 is 9.64 Å². The molecule has 0 saturated carbocycles. The number of fused-ring (bicyclic) bond motifs is 1. The molecule has 0 spiro atoms. The van der Waals surface area contributed by atoms with Crippen LogP contribution in [0.3, 0.4) is 0 Å². The van der Waals surface area contributed by atoms with Crippen LogP contribution >= 0.6 is 22.7 Å². The Balaban J connectivity index is 1.44. The van der Waals surface area contributed by atoms with Gasteiger partial charge in [0.25, 0.3) is 0 Å². The Morgan fingerprint density at radius 2 is 1.88 bits per heavy atom. The molecule has 0 N–H and O–H groups in total. The van der Waals surface area contributed by atoms with E-state index in [0.29, 0.717) is 11.7 Å². The van der Waals surface area contributed by atoms with Crippen molar-refractivity contribution in [3.8, 4) is 16.5 Å². The van der Waals surface area contributed by atoms with Crippen LogP contribution in [0.25, 0.3) is 20.9 Å². The van der Waals surface area contributed by atoms with E-state index in [-0.39, 0.29) is 12.3 Å². The number of hydrogen-bond donors (Lipinski definition) is 0. The summed E-state index contributed by atoms with van der Waals surface area (Å²) in [5, 5.41) is 3.39. The minimum Gasteiger partial charge on any atom is -0.497 e. The number of anilines is 1. The highest BCUT2D eigenvalue weighted by atomic mass is 32.1. The van der Waals surface area contributed by atoms with Gasteiger partial charge in [0.2, 0.25) is 5.91 Å². The summed E-state index contributed by atoms with van der Waals surface area (Å²) >= 11 is 2.97. The molecule has 0 radical (unpaired) electrons. The van der Waals surface area contributed by atoms with E-state index in [9.17, 15) is 4.79 Å². The molecule has 33 heavy (non-hydrogen) atoms. The van der Waals surface area contributed by atoms with Gasteiger partial charge in [0.05, 0.1) is 41.7 Å². The van der Waals surface area contributed by atoms with E-state index in [2.05, 4.69) is 9.97 Å². The van der Waals surface area contributed by atoms with Crippen LogP contribution in [0.15, 0.2) is 78.3 Å². The first-order valence-electron chi connectivity index (χ1n) is 10.3. The highest BCUT2D eigenvalue weighted by molar-refractivity contribution is 7.22. The number of thiazole rings is 2. The number of aromatic nitrogens is 3. The van der Waals surface area contributed by atoms with E-state index in [4.69, 9.17) is 9.72 Å². The monoisotopic (exact) mass is 472 g/mol. The number of nitrogens with zero attached hydrogens (tertiary/aromatic N) is 4. The van der Waals surface area contributed by atoms with Gasteiger partial charge < -0.3 is 4.74 Å². The number of amides is 1. The molecule has 0 bridgehead atoms. The predicted octanol–water partition coefficient (Wildman–Crippen LogP) is 5.60. The van der Waals surface area contributed by atoms with Crippen LogP contribution in [0.1, 0.15) is 11.3 Å². The van der Waals surface area contributed by atoms with Gasteiger partial charge in [0, 0.05) is 11.6 Å². The molecule has 3 aromatic heterocycles. The molecule has 6 nitrogen and oxygen atoms in total. The Bertz CT molecular complexity index is 1380. The summed E-state index contributed by atoms with van der Waals surface area (Å²) in [6.45, 7) is 0.438. The maximum absolute atomic E-state index is 13.5. The first-order valence-corrected chi connectivity index (χ1v) is 12.0. The number of pyridine rings is 1. The van der Waals surface area contributed by atoms with Gasteiger partial charge in [0.1, 0.15) is 10.8 Å². The van der Waals surface area contributed by atoms with Gasteiger partial charge >= 0.3 is 0 Å². The quantitative estimate of drug-likeness (QED) is 0.308. The van der Waals surface area contributed by atoms with Crippen molar-refractivity contribution in [3.63, 3.8) is 0 Å². The van der Waals surface area contributed by atoms with Gasteiger partial charge in [-0.3, -0.25) is 14.7 Å². The summed E-state index contributed by atoms with van der Waals surface area (Å²) in [6, 6.07) is 21.4. The average molecular weight is 473 g/mol. The summed E-state index contributed by atoms with van der Waals surface area (Å²) in [4.78, 5) is 29.0. The maximum Gasteiger partial charge on any atom is 0.235 e. The van der Waals surface area contributed by atoms with Gasteiger partial charge in [-0.2, -0.15) is 0 Å². The molecule has 164 valence electrons. The molecular formula is C25H20N4O2S2. The van der Waals surface area contributed by atoms with E-state index in [1.165, 1.54) is 22.7 Å². The molecule has 0 unspecified atom stereocenters. The number of carbonyl (C=O) groups excluding carboxylic acids is 1. The third-order valence-electron chi connectivity index (χ3n) is 5.07. The lowest BCUT2D eigenvalue weighted by Gasteiger charge is -2.19. The van der Waals surface area contributed by atoms with E-state index in [1.807, 2.05) is 72.1 Å². The number of rotatable bonds is 7. The average Bonchev–Trinajstić information content (AvgIpc) is 3.50. The van der Waals surface area contributed by atoms with Crippen LogP contribution in [-0.4, -0.2) is 28.0 Å². The summed E-state index contributed by atoms with van der Waals surface area (Å²) in [6.07, 6.45) is 1.93. The lowest BCUT2D eigenvalue weighted by atomic mass is 10.2. The maximum atomic E-state index is 13.5. The van der Waals surface area contributed by atoms with E-state index >= 15 is 0 Å². The van der Waals surface area contributed by atoms with Crippen LogP contribution in [0.4, 0.5) is 5.13 Å². The van der Waals surface area contributed by atoms with Gasteiger partial charge in [-0.1, -0.05) is 47.7 Å². The molecule has 5 rings (SSSR count). The molecule has 0 aliphatic heterocycles. The van der Waals surface area contributed by atoms with Crippen molar-refractivity contribution in [3.05, 3.63) is 89.6 Å². The molecule has 1 amide bonds. The molecule has 0 atom stereocenters. The SMILES string of the molecule is COc1ccc2nc(N(Cc3ccccc3)C(=O)Cc3csc(-c4ccccn4)n3)sc2c1. The normalized spacial score (nSPS) is 10.9. The van der Waals surface area contributed by atoms with Crippen molar-refractivity contribution < 1.29 is 9.53 Å². The molecule has 0 saturated heterocycles. The number of carbonyl (C=O) groups is 1. The van der Waals surface area contributed by atoms with Crippen molar-refractivity contribution in [2.75, 3.05) is 12.0 Å².